The number of rotatable bonds is 6. The largest absolute Gasteiger partial charge is 2.00 e. The van der Waals surface area contributed by atoms with Crippen molar-refractivity contribution in [3.05, 3.63) is 84.2 Å². The number of ether oxygens (including phenoxy) is 2. The van der Waals surface area contributed by atoms with Gasteiger partial charge in [-0.25, -0.2) is 0 Å². The predicted octanol–water partition coefficient (Wildman–Crippen LogP) is 5.86. The first-order valence-electron chi connectivity index (χ1n) is 11.6. The van der Waals surface area contributed by atoms with Crippen LogP contribution in [0.5, 0.6) is 11.5 Å². The van der Waals surface area contributed by atoms with Gasteiger partial charge >= 0.3 is 21.1 Å². The molecule has 0 saturated heterocycles. The van der Waals surface area contributed by atoms with Gasteiger partial charge in [-0.3, -0.25) is 0 Å². The van der Waals surface area contributed by atoms with E-state index in [4.69, 9.17) is 9.47 Å². The van der Waals surface area contributed by atoms with E-state index in [1.807, 2.05) is 64.6 Å². The Hall–Kier alpha value is -3.37. The molecular formula is C30H34N4O2Pt. The summed E-state index contributed by atoms with van der Waals surface area (Å²) >= 11 is 0. The summed E-state index contributed by atoms with van der Waals surface area (Å²) in [6, 6.07) is 22.3. The van der Waals surface area contributed by atoms with Gasteiger partial charge in [0, 0.05) is 12.4 Å². The molecule has 7 heteroatoms. The first-order chi connectivity index (χ1) is 17.2. The molecule has 0 unspecified atom stereocenters. The fraction of sp³-hybridized carbons (Fsp3) is 0.267. The molecule has 0 bridgehead atoms. The second kappa shape index (κ2) is 13.8. The second-order valence-corrected chi connectivity index (χ2v) is 8.78. The molecular weight excluding hydrogens is 643 g/mol. The van der Waals surface area contributed by atoms with Crippen molar-refractivity contribution < 1.29 is 30.5 Å². The average molecular weight is 678 g/mol. The third kappa shape index (κ3) is 7.80. The van der Waals surface area contributed by atoms with E-state index in [2.05, 4.69) is 57.9 Å². The van der Waals surface area contributed by atoms with Gasteiger partial charge in [-0.1, -0.05) is 13.8 Å². The zero-order chi connectivity index (χ0) is 26.2. The first kappa shape index (κ1) is 29.9. The van der Waals surface area contributed by atoms with Gasteiger partial charge in [-0.15, -0.1) is 58.7 Å². The van der Waals surface area contributed by atoms with E-state index in [9.17, 15) is 0 Å². The number of pyridine rings is 2. The monoisotopic (exact) mass is 677 g/mol. The van der Waals surface area contributed by atoms with Gasteiger partial charge in [0.25, 0.3) is 0 Å². The molecule has 6 nitrogen and oxygen atoms in total. The molecule has 4 aromatic rings. The zero-order valence-electron chi connectivity index (χ0n) is 22.7. The molecule has 37 heavy (non-hydrogen) atoms. The Morgan fingerprint density at radius 3 is 1.32 bits per heavy atom. The van der Waals surface area contributed by atoms with Crippen molar-refractivity contribution in [1.29, 1.82) is 0 Å². The summed E-state index contributed by atoms with van der Waals surface area (Å²) in [4.78, 5) is 12.9. The van der Waals surface area contributed by atoms with E-state index in [0.717, 1.165) is 56.5 Å². The molecule has 0 atom stereocenters. The van der Waals surface area contributed by atoms with Crippen LogP contribution in [-0.2, 0) is 21.1 Å². The van der Waals surface area contributed by atoms with E-state index < -0.39 is 0 Å². The Labute approximate surface area is 235 Å². The van der Waals surface area contributed by atoms with Gasteiger partial charge in [0.1, 0.15) is 11.5 Å². The summed E-state index contributed by atoms with van der Waals surface area (Å²) in [7, 11) is 11.4. The van der Waals surface area contributed by atoms with E-state index >= 15 is 0 Å². The van der Waals surface area contributed by atoms with Crippen molar-refractivity contribution in [3.63, 3.8) is 0 Å². The van der Waals surface area contributed by atoms with Crippen molar-refractivity contribution in [1.82, 2.24) is 9.97 Å². The Morgan fingerprint density at radius 1 is 0.649 bits per heavy atom. The smallest absolute Gasteiger partial charge is 0.497 e. The standard InChI is InChI=1S/2C15H17N2O.Pt/c2*1-11-9-12(17(2)3)5-6-14(11)15-10-13(18-4)7-8-16-15;/h2*5,7-10H,1-4H3;/q2*-1;+2. The summed E-state index contributed by atoms with van der Waals surface area (Å²) in [6.07, 6.45) is 3.50. The van der Waals surface area contributed by atoms with Gasteiger partial charge < -0.3 is 29.2 Å². The third-order valence-electron chi connectivity index (χ3n) is 5.73. The maximum atomic E-state index is 5.22. The maximum Gasteiger partial charge on any atom is 2.00 e. The normalized spacial score (nSPS) is 9.95. The molecule has 0 fully saturated rings. The van der Waals surface area contributed by atoms with Gasteiger partial charge in [0.2, 0.25) is 0 Å². The Balaban J connectivity index is 0.000000253. The third-order valence-corrected chi connectivity index (χ3v) is 5.73. The minimum absolute atomic E-state index is 0. The molecule has 196 valence electrons. The Morgan fingerprint density at radius 2 is 1.03 bits per heavy atom. The van der Waals surface area contributed by atoms with Crippen molar-refractivity contribution in [3.8, 4) is 34.0 Å². The van der Waals surface area contributed by atoms with Crippen LogP contribution in [0, 0.1) is 26.0 Å². The SMILES string of the molecule is COc1ccnc(-c2[c-]cc(N(C)C)cc2C)c1.COc1ccnc(-c2[c-]cc(N(C)C)cc2C)c1.[Pt+2]. The summed E-state index contributed by atoms with van der Waals surface area (Å²) in [5.41, 5.74) is 8.38. The molecule has 0 aliphatic carbocycles. The Kier molecular flexibility index (Phi) is 11.1. The van der Waals surface area contributed by atoms with E-state index in [1.54, 1.807) is 26.6 Å². The molecule has 0 amide bonds. The van der Waals surface area contributed by atoms with Crippen LogP contribution in [0.25, 0.3) is 22.5 Å². The minimum Gasteiger partial charge on any atom is -0.497 e. The van der Waals surface area contributed by atoms with Crippen molar-refractivity contribution >= 4 is 11.4 Å². The quantitative estimate of drug-likeness (QED) is 0.239. The van der Waals surface area contributed by atoms with Crippen LogP contribution in [0.15, 0.2) is 60.9 Å². The van der Waals surface area contributed by atoms with Crippen LogP contribution in [0.2, 0.25) is 0 Å². The fourth-order valence-electron chi connectivity index (χ4n) is 3.61. The van der Waals surface area contributed by atoms with Gasteiger partial charge in [-0.05, 0) is 75.2 Å². The van der Waals surface area contributed by atoms with Gasteiger partial charge in [0.15, 0.2) is 0 Å². The molecule has 0 radical (unpaired) electrons. The number of benzene rings is 2. The van der Waals surface area contributed by atoms with Crippen molar-refractivity contribution in [2.24, 2.45) is 0 Å². The van der Waals surface area contributed by atoms with Crippen LogP contribution in [0.4, 0.5) is 11.4 Å². The Bertz CT molecular complexity index is 1210. The average Bonchev–Trinajstić information content (AvgIpc) is 2.88. The predicted molar refractivity (Wildman–Crippen MR) is 148 cm³/mol. The van der Waals surface area contributed by atoms with Crippen molar-refractivity contribution in [2.75, 3.05) is 52.2 Å². The maximum absolute atomic E-state index is 5.22. The van der Waals surface area contributed by atoms with Crippen LogP contribution in [-0.4, -0.2) is 52.4 Å². The van der Waals surface area contributed by atoms with Crippen LogP contribution >= 0.6 is 0 Å². The topological polar surface area (TPSA) is 50.7 Å². The number of methoxy groups -OCH3 is 2. The molecule has 2 heterocycles. The number of hydrogen-bond acceptors (Lipinski definition) is 6. The molecule has 4 rings (SSSR count). The summed E-state index contributed by atoms with van der Waals surface area (Å²) < 4.78 is 10.4. The first-order valence-corrected chi connectivity index (χ1v) is 11.6. The van der Waals surface area contributed by atoms with E-state index in [-0.39, 0.29) is 21.1 Å². The number of anilines is 2. The summed E-state index contributed by atoms with van der Waals surface area (Å²) in [5, 5.41) is 0. The summed E-state index contributed by atoms with van der Waals surface area (Å²) in [6.45, 7) is 4.14. The van der Waals surface area contributed by atoms with Crippen LogP contribution in [0.3, 0.4) is 0 Å². The number of aryl methyl sites for hydroxylation is 2. The second-order valence-electron chi connectivity index (χ2n) is 8.78. The fourth-order valence-corrected chi connectivity index (χ4v) is 3.61. The molecule has 0 spiro atoms. The molecule has 0 aliphatic rings. The number of aromatic nitrogens is 2. The van der Waals surface area contributed by atoms with Crippen molar-refractivity contribution in [2.45, 2.75) is 13.8 Å². The summed E-state index contributed by atoms with van der Waals surface area (Å²) in [5.74, 6) is 1.62. The molecule has 2 aromatic carbocycles. The molecule has 0 aliphatic heterocycles. The zero-order valence-corrected chi connectivity index (χ0v) is 25.0. The van der Waals surface area contributed by atoms with Crippen LogP contribution in [0.1, 0.15) is 11.1 Å². The number of hydrogen-bond donors (Lipinski definition) is 0. The van der Waals surface area contributed by atoms with E-state index in [0.29, 0.717) is 0 Å². The van der Waals surface area contributed by atoms with E-state index in [1.165, 1.54) is 0 Å². The molecule has 0 N–H and O–H groups in total. The van der Waals surface area contributed by atoms with Gasteiger partial charge in [-0.2, -0.15) is 0 Å². The van der Waals surface area contributed by atoms with Crippen LogP contribution < -0.4 is 19.3 Å². The minimum atomic E-state index is 0. The van der Waals surface area contributed by atoms with Gasteiger partial charge in [0.05, 0.1) is 14.2 Å². The molecule has 2 aromatic heterocycles. The number of nitrogens with zero attached hydrogens (tertiary/aromatic N) is 4. The molecule has 0 saturated carbocycles.